The first kappa shape index (κ1) is 20.7. The maximum Gasteiger partial charge on any atom is 0.345 e. The molecule has 1 aromatic carbocycles. The second-order valence-corrected chi connectivity index (χ2v) is 4.75. The van der Waals surface area contributed by atoms with Crippen molar-refractivity contribution < 1.29 is 33.6 Å². The predicted octanol–water partition coefficient (Wildman–Crippen LogP) is 1.58. The highest BCUT2D eigenvalue weighted by Crippen LogP contribution is 2.16. The number of ether oxygens (including phenoxy) is 4. The molecular weight excluding hydrogens is 328 g/mol. The van der Waals surface area contributed by atoms with Crippen molar-refractivity contribution in [1.82, 2.24) is 0 Å². The molecule has 0 aliphatic heterocycles. The standard InChI is InChI=1S/C18H24O7/c1-3-23-17(20)16(18(21)24-4-2)13-14-5-7-15(8-6-14)25-12-11-22-10-9-19/h5-8,13,19H,3-4,9-12H2,1-2H3. The summed E-state index contributed by atoms with van der Waals surface area (Å²) in [6, 6.07) is 6.85. The zero-order valence-corrected chi connectivity index (χ0v) is 14.5. The van der Waals surface area contributed by atoms with Crippen LogP contribution >= 0.6 is 0 Å². The van der Waals surface area contributed by atoms with Crippen LogP contribution in [0.3, 0.4) is 0 Å². The van der Waals surface area contributed by atoms with Crippen LogP contribution in [-0.4, -0.2) is 56.7 Å². The Labute approximate surface area is 147 Å². The number of rotatable bonds is 11. The summed E-state index contributed by atoms with van der Waals surface area (Å²) in [6.07, 6.45) is 1.42. The fourth-order valence-electron chi connectivity index (χ4n) is 1.83. The molecular formula is C18H24O7. The Morgan fingerprint density at radius 3 is 2.08 bits per heavy atom. The van der Waals surface area contributed by atoms with Gasteiger partial charge < -0.3 is 24.1 Å². The molecule has 1 aromatic rings. The largest absolute Gasteiger partial charge is 0.491 e. The molecule has 0 radical (unpaired) electrons. The van der Waals surface area contributed by atoms with Crippen LogP contribution < -0.4 is 4.74 Å². The first-order valence-electron chi connectivity index (χ1n) is 8.09. The molecule has 0 fully saturated rings. The highest BCUT2D eigenvalue weighted by atomic mass is 16.6. The van der Waals surface area contributed by atoms with Crippen molar-refractivity contribution in [1.29, 1.82) is 0 Å². The number of hydrogen-bond donors (Lipinski definition) is 1. The van der Waals surface area contributed by atoms with Crippen molar-refractivity contribution in [3.63, 3.8) is 0 Å². The lowest BCUT2D eigenvalue weighted by Crippen LogP contribution is -2.18. The number of carbonyl (C=O) groups is 2. The van der Waals surface area contributed by atoms with Crippen LogP contribution in [0.1, 0.15) is 19.4 Å². The van der Waals surface area contributed by atoms with Gasteiger partial charge in [-0.05, 0) is 37.6 Å². The molecule has 7 heteroatoms. The number of benzene rings is 1. The van der Waals surface area contributed by atoms with E-state index in [1.165, 1.54) is 6.08 Å². The first-order chi connectivity index (χ1) is 12.1. The molecule has 0 aromatic heterocycles. The first-order valence-corrected chi connectivity index (χ1v) is 8.09. The lowest BCUT2D eigenvalue weighted by molar-refractivity contribution is -0.146. The Hall–Kier alpha value is -2.38. The Balaban J connectivity index is 2.74. The Kier molecular flexibility index (Phi) is 9.96. The summed E-state index contributed by atoms with van der Waals surface area (Å²) in [5.74, 6) is -0.816. The van der Waals surface area contributed by atoms with Crippen molar-refractivity contribution in [2.24, 2.45) is 0 Å². The van der Waals surface area contributed by atoms with Gasteiger partial charge in [0.25, 0.3) is 0 Å². The SMILES string of the molecule is CCOC(=O)C(=Cc1ccc(OCCOCCO)cc1)C(=O)OCC. The van der Waals surface area contributed by atoms with E-state index in [9.17, 15) is 9.59 Å². The number of carbonyl (C=O) groups excluding carboxylic acids is 2. The molecule has 138 valence electrons. The average Bonchev–Trinajstić information content (AvgIpc) is 2.61. The quantitative estimate of drug-likeness (QED) is 0.213. The average molecular weight is 352 g/mol. The maximum atomic E-state index is 11.9. The third-order valence-electron chi connectivity index (χ3n) is 2.91. The van der Waals surface area contributed by atoms with Crippen LogP contribution in [0.2, 0.25) is 0 Å². The van der Waals surface area contributed by atoms with Gasteiger partial charge in [0.1, 0.15) is 17.9 Å². The van der Waals surface area contributed by atoms with Crippen LogP contribution in [0.4, 0.5) is 0 Å². The molecule has 0 aliphatic carbocycles. The Morgan fingerprint density at radius 2 is 1.56 bits per heavy atom. The highest BCUT2D eigenvalue weighted by molar-refractivity contribution is 6.17. The summed E-state index contributed by atoms with van der Waals surface area (Å²) in [7, 11) is 0. The second kappa shape index (κ2) is 12.0. The van der Waals surface area contributed by atoms with Crippen LogP contribution in [0.25, 0.3) is 6.08 Å². The third kappa shape index (κ3) is 7.82. The predicted molar refractivity (Wildman–Crippen MR) is 91.1 cm³/mol. The molecule has 0 heterocycles. The lowest BCUT2D eigenvalue weighted by atomic mass is 10.1. The molecule has 25 heavy (non-hydrogen) atoms. The molecule has 0 unspecified atom stereocenters. The van der Waals surface area contributed by atoms with E-state index in [2.05, 4.69) is 0 Å². The summed E-state index contributed by atoms with van der Waals surface area (Å²) in [4.78, 5) is 23.8. The van der Waals surface area contributed by atoms with Gasteiger partial charge in [-0.1, -0.05) is 12.1 Å². The van der Waals surface area contributed by atoms with Gasteiger partial charge in [-0.3, -0.25) is 0 Å². The Morgan fingerprint density at radius 1 is 0.960 bits per heavy atom. The number of aliphatic hydroxyl groups is 1. The van der Waals surface area contributed by atoms with Crippen molar-refractivity contribution in [2.75, 3.05) is 39.6 Å². The molecule has 0 spiro atoms. The molecule has 0 amide bonds. The lowest BCUT2D eigenvalue weighted by Gasteiger charge is -2.08. The van der Waals surface area contributed by atoms with Gasteiger partial charge >= 0.3 is 11.9 Å². The number of esters is 2. The van der Waals surface area contributed by atoms with E-state index in [1.54, 1.807) is 38.1 Å². The molecule has 1 N–H and O–H groups in total. The maximum absolute atomic E-state index is 11.9. The molecule has 0 saturated carbocycles. The third-order valence-corrected chi connectivity index (χ3v) is 2.91. The zero-order valence-electron chi connectivity index (χ0n) is 14.5. The molecule has 7 nitrogen and oxygen atoms in total. The summed E-state index contributed by atoms with van der Waals surface area (Å²) in [6.45, 7) is 4.64. The molecule has 0 atom stereocenters. The van der Waals surface area contributed by atoms with Crippen LogP contribution in [0.5, 0.6) is 5.75 Å². The van der Waals surface area contributed by atoms with Crippen molar-refractivity contribution in [3.8, 4) is 5.75 Å². The van der Waals surface area contributed by atoms with Gasteiger partial charge in [0, 0.05) is 0 Å². The van der Waals surface area contributed by atoms with Crippen molar-refractivity contribution in [2.45, 2.75) is 13.8 Å². The van der Waals surface area contributed by atoms with Crippen molar-refractivity contribution >= 4 is 18.0 Å². The van der Waals surface area contributed by atoms with Gasteiger partial charge in [-0.2, -0.15) is 0 Å². The van der Waals surface area contributed by atoms with Gasteiger partial charge in [-0.15, -0.1) is 0 Å². The highest BCUT2D eigenvalue weighted by Gasteiger charge is 2.20. The molecule has 0 saturated heterocycles. The summed E-state index contributed by atoms with van der Waals surface area (Å²) >= 11 is 0. The van der Waals surface area contributed by atoms with E-state index in [1.807, 2.05) is 0 Å². The Bertz CT molecular complexity index is 543. The smallest absolute Gasteiger partial charge is 0.345 e. The number of hydrogen-bond acceptors (Lipinski definition) is 7. The summed E-state index contributed by atoms with van der Waals surface area (Å²) in [5.41, 5.74) is 0.481. The van der Waals surface area contributed by atoms with E-state index in [0.717, 1.165) is 0 Å². The summed E-state index contributed by atoms with van der Waals surface area (Å²) in [5, 5.41) is 8.59. The van der Waals surface area contributed by atoms with Crippen LogP contribution in [-0.2, 0) is 23.8 Å². The minimum Gasteiger partial charge on any atom is -0.491 e. The van der Waals surface area contributed by atoms with Crippen LogP contribution in [0.15, 0.2) is 29.8 Å². The van der Waals surface area contributed by atoms with E-state index in [4.69, 9.17) is 24.1 Å². The van der Waals surface area contributed by atoms with E-state index in [0.29, 0.717) is 24.5 Å². The topological polar surface area (TPSA) is 91.3 Å². The van der Waals surface area contributed by atoms with E-state index >= 15 is 0 Å². The minimum absolute atomic E-state index is 0.0235. The molecule has 1 rings (SSSR count). The van der Waals surface area contributed by atoms with Gasteiger partial charge in [0.05, 0.1) is 33.0 Å². The van der Waals surface area contributed by atoms with Crippen LogP contribution in [0, 0.1) is 0 Å². The minimum atomic E-state index is -0.720. The fourth-order valence-corrected chi connectivity index (χ4v) is 1.83. The number of aliphatic hydroxyl groups excluding tert-OH is 1. The normalized spacial score (nSPS) is 10.0. The zero-order chi connectivity index (χ0) is 18.5. The molecule has 0 aliphatic rings. The van der Waals surface area contributed by atoms with Gasteiger partial charge in [0.2, 0.25) is 0 Å². The van der Waals surface area contributed by atoms with Gasteiger partial charge in [-0.25, -0.2) is 9.59 Å². The second-order valence-electron chi connectivity index (χ2n) is 4.75. The van der Waals surface area contributed by atoms with E-state index in [-0.39, 0.29) is 32.0 Å². The van der Waals surface area contributed by atoms with Gasteiger partial charge in [0.15, 0.2) is 0 Å². The molecule has 0 bridgehead atoms. The fraction of sp³-hybridized carbons (Fsp3) is 0.444. The monoisotopic (exact) mass is 352 g/mol. The van der Waals surface area contributed by atoms with E-state index < -0.39 is 11.9 Å². The summed E-state index contributed by atoms with van der Waals surface area (Å²) < 4.78 is 20.3. The van der Waals surface area contributed by atoms with Crippen molar-refractivity contribution in [3.05, 3.63) is 35.4 Å².